The lowest BCUT2D eigenvalue weighted by atomic mass is 9.89. The van der Waals surface area contributed by atoms with Gasteiger partial charge in [0.05, 0.1) is 0 Å². The minimum absolute atomic E-state index is 0.692. The zero-order valence-corrected chi connectivity index (χ0v) is 14.2. The monoisotopic (exact) mass is 280 g/mol. The number of hydrogen-bond acceptors (Lipinski definition) is 2. The molecule has 1 aliphatic heterocycles. The molecular formula is C18H36N2. The maximum Gasteiger partial charge on any atom is 0.00980 e. The average molecular weight is 280 g/mol. The molecule has 1 saturated carbocycles. The molecule has 2 fully saturated rings. The van der Waals surface area contributed by atoms with Gasteiger partial charge in [-0.15, -0.1) is 0 Å². The van der Waals surface area contributed by atoms with E-state index in [1.807, 2.05) is 0 Å². The van der Waals surface area contributed by atoms with E-state index >= 15 is 0 Å². The van der Waals surface area contributed by atoms with Crippen LogP contribution in [-0.4, -0.2) is 36.6 Å². The number of nitrogens with zero attached hydrogens (tertiary/aromatic N) is 1. The summed E-state index contributed by atoms with van der Waals surface area (Å²) in [7, 11) is 0. The molecule has 2 nitrogen and oxygen atoms in total. The van der Waals surface area contributed by atoms with Crippen LogP contribution in [0, 0.1) is 17.8 Å². The number of hydrogen-bond donors (Lipinski definition) is 1. The molecule has 0 bridgehead atoms. The Morgan fingerprint density at radius 3 is 2.65 bits per heavy atom. The first-order valence-electron chi connectivity index (χ1n) is 9.14. The topological polar surface area (TPSA) is 15.3 Å². The minimum atomic E-state index is 0.692. The molecule has 5 atom stereocenters. The summed E-state index contributed by atoms with van der Waals surface area (Å²) < 4.78 is 0. The highest BCUT2D eigenvalue weighted by Gasteiger charge is 2.34. The van der Waals surface area contributed by atoms with Crippen LogP contribution in [0.4, 0.5) is 0 Å². The molecule has 20 heavy (non-hydrogen) atoms. The summed E-state index contributed by atoms with van der Waals surface area (Å²) in [5.41, 5.74) is 0. The molecule has 0 aromatic rings. The van der Waals surface area contributed by atoms with E-state index in [2.05, 4.69) is 37.9 Å². The fraction of sp³-hybridized carbons (Fsp3) is 1.00. The van der Waals surface area contributed by atoms with Gasteiger partial charge in [-0.1, -0.05) is 27.2 Å². The molecular weight excluding hydrogens is 244 g/mol. The quantitative estimate of drug-likeness (QED) is 0.793. The summed E-state index contributed by atoms with van der Waals surface area (Å²) in [6.07, 6.45) is 8.32. The maximum atomic E-state index is 4.00. The summed E-state index contributed by atoms with van der Waals surface area (Å²) in [5, 5.41) is 4.00. The van der Waals surface area contributed by atoms with E-state index in [1.54, 1.807) is 0 Å². The molecule has 2 heteroatoms. The van der Waals surface area contributed by atoms with Crippen molar-refractivity contribution in [2.45, 2.75) is 78.3 Å². The summed E-state index contributed by atoms with van der Waals surface area (Å²) in [4.78, 5) is 2.68. The van der Waals surface area contributed by atoms with Gasteiger partial charge >= 0.3 is 0 Å². The Morgan fingerprint density at radius 1 is 1.20 bits per heavy atom. The third kappa shape index (κ3) is 3.98. The van der Waals surface area contributed by atoms with Gasteiger partial charge in [0, 0.05) is 18.6 Å². The normalized spacial score (nSPS) is 37.2. The number of nitrogens with one attached hydrogen (secondary N) is 1. The first-order chi connectivity index (χ1) is 9.65. The van der Waals surface area contributed by atoms with Crippen molar-refractivity contribution < 1.29 is 0 Å². The molecule has 1 aliphatic carbocycles. The molecule has 2 aliphatic rings. The van der Waals surface area contributed by atoms with Crippen molar-refractivity contribution >= 4 is 0 Å². The van der Waals surface area contributed by atoms with Crippen LogP contribution in [0.25, 0.3) is 0 Å². The van der Waals surface area contributed by atoms with Crippen LogP contribution >= 0.6 is 0 Å². The van der Waals surface area contributed by atoms with Gasteiger partial charge in [-0.2, -0.15) is 0 Å². The van der Waals surface area contributed by atoms with Gasteiger partial charge in [0.15, 0.2) is 0 Å². The van der Waals surface area contributed by atoms with Crippen molar-refractivity contribution in [1.82, 2.24) is 10.2 Å². The molecule has 1 saturated heterocycles. The van der Waals surface area contributed by atoms with E-state index in [1.165, 1.54) is 58.2 Å². The lowest BCUT2D eigenvalue weighted by Crippen LogP contribution is -2.48. The SMILES string of the molecule is CCCN1CCCC(C(C)NC2CCC(CC)C2C)C1. The first-order valence-corrected chi connectivity index (χ1v) is 9.14. The molecule has 0 radical (unpaired) electrons. The smallest absolute Gasteiger partial charge is 0.00980 e. The fourth-order valence-electron chi connectivity index (χ4n) is 4.55. The molecule has 118 valence electrons. The highest BCUT2D eigenvalue weighted by Crippen LogP contribution is 2.34. The molecule has 5 unspecified atom stereocenters. The van der Waals surface area contributed by atoms with E-state index in [0.29, 0.717) is 6.04 Å². The van der Waals surface area contributed by atoms with Crippen molar-refractivity contribution in [3.05, 3.63) is 0 Å². The molecule has 0 spiro atoms. The van der Waals surface area contributed by atoms with E-state index in [-0.39, 0.29) is 0 Å². The molecule has 1 heterocycles. The summed E-state index contributed by atoms with van der Waals surface area (Å²) >= 11 is 0. The van der Waals surface area contributed by atoms with Crippen LogP contribution in [0.5, 0.6) is 0 Å². The molecule has 0 aromatic carbocycles. The van der Waals surface area contributed by atoms with Crippen molar-refractivity contribution in [1.29, 1.82) is 0 Å². The summed E-state index contributed by atoms with van der Waals surface area (Å²) in [6.45, 7) is 13.5. The number of likely N-dealkylation sites (tertiary alicyclic amines) is 1. The Morgan fingerprint density at radius 2 is 2.00 bits per heavy atom. The zero-order valence-electron chi connectivity index (χ0n) is 14.2. The van der Waals surface area contributed by atoms with Crippen LogP contribution in [0.3, 0.4) is 0 Å². The highest BCUT2D eigenvalue weighted by atomic mass is 15.1. The molecule has 1 N–H and O–H groups in total. The Bertz CT molecular complexity index is 277. The molecule has 2 rings (SSSR count). The lowest BCUT2D eigenvalue weighted by Gasteiger charge is -2.37. The van der Waals surface area contributed by atoms with Crippen molar-refractivity contribution in [2.75, 3.05) is 19.6 Å². The number of piperidine rings is 1. The zero-order chi connectivity index (χ0) is 14.5. The van der Waals surface area contributed by atoms with E-state index < -0.39 is 0 Å². The second-order valence-electron chi connectivity index (χ2n) is 7.37. The van der Waals surface area contributed by atoms with Crippen LogP contribution < -0.4 is 5.32 Å². The standard InChI is InChI=1S/C18H36N2/c1-5-11-20-12-7-8-17(13-20)15(4)19-18-10-9-16(6-2)14(18)3/h14-19H,5-13H2,1-4H3. The molecule has 0 aromatic heterocycles. The first kappa shape index (κ1) is 16.3. The van der Waals surface area contributed by atoms with Crippen LogP contribution in [-0.2, 0) is 0 Å². The van der Waals surface area contributed by atoms with E-state index in [0.717, 1.165) is 23.8 Å². The van der Waals surface area contributed by atoms with E-state index in [9.17, 15) is 0 Å². The predicted molar refractivity (Wildman–Crippen MR) is 88.0 cm³/mol. The average Bonchev–Trinajstić information content (AvgIpc) is 2.80. The molecule has 0 amide bonds. The minimum Gasteiger partial charge on any atom is -0.311 e. The Balaban J connectivity index is 1.80. The highest BCUT2D eigenvalue weighted by molar-refractivity contribution is 4.90. The summed E-state index contributed by atoms with van der Waals surface area (Å²) in [6, 6.07) is 1.47. The van der Waals surface area contributed by atoms with Gasteiger partial charge in [-0.05, 0) is 69.9 Å². The predicted octanol–water partition coefficient (Wildman–Crippen LogP) is 3.91. The Labute approximate surface area is 126 Å². The van der Waals surface area contributed by atoms with Gasteiger partial charge < -0.3 is 10.2 Å². The van der Waals surface area contributed by atoms with Crippen molar-refractivity contribution in [3.8, 4) is 0 Å². The third-order valence-corrected chi connectivity index (χ3v) is 6.02. The van der Waals surface area contributed by atoms with Gasteiger partial charge in [0.2, 0.25) is 0 Å². The number of rotatable bonds is 6. The van der Waals surface area contributed by atoms with Gasteiger partial charge in [0.1, 0.15) is 0 Å². The second kappa shape index (κ2) is 7.79. The van der Waals surface area contributed by atoms with Crippen LogP contribution in [0.15, 0.2) is 0 Å². The van der Waals surface area contributed by atoms with Crippen LogP contribution in [0.2, 0.25) is 0 Å². The largest absolute Gasteiger partial charge is 0.311 e. The van der Waals surface area contributed by atoms with Gasteiger partial charge in [-0.3, -0.25) is 0 Å². The van der Waals surface area contributed by atoms with E-state index in [4.69, 9.17) is 0 Å². The second-order valence-corrected chi connectivity index (χ2v) is 7.37. The summed E-state index contributed by atoms with van der Waals surface area (Å²) in [5.74, 6) is 2.70. The third-order valence-electron chi connectivity index (χ3n) is 6.02. The maximum absolute atomic E-state index is 4.00. The Kier molecular flexibility index (Phi) is 6.35. The van der Waals surface area contributed by atoms with Crippen molar-refractivity contribution in [3.63, 3.8) is 0 Å². The van der Waals surface area contributed by atoms with Gasteiger partial charge in [-0.25, -0.2) is 0 Å². The van der Waals surface area contributed by atoms with Crippen LogP contribution in [0.1, 0.15) is 66.2 Å². The Hall–Kier alpha value is -0.0800. The lowest BCUT2D eigenvalue weighted by molar-refractivity contribution is 0.143. The van der Waals surface area contributed by atoms with Gasteiger partial charge in [0.25, 0.3) is 0 Å². The van der Waals surface area contributed by atoms with Crippen molar-refractivity contribution in [2.24, 2.45) is 17.8 Å². The fourth-order valence-corrected chi connectivity index (χ4v) is 4.55.